The van der Waals surface area contributed by atoms with Gasteiger partial charge in [-0.3, -0.25) is 4.79 Å². The minimum absolute atomic E-state index is 0.160. The van der Waals surface area contributed by atoms with Crippen molar-refractivity contribution >= 4 is 5.97 Å². The van der Waals surface area contributed by atoms with Crippen LogP contribution in [-0.4, -0.2) is 15.6 Å². The lowest BCUT2D eigenvalue weighted by atomic mass is 10.1. The summed E-state index contributed by atoms with van der Waals surface area (Å²) < 4.78 is 1.76. The Morgan fingerprint density at radius 1 is 1.50 bits per heavy atom. The molecular weight excluding hydrogens is 206 g/mol. The first-order valence-electron chi connectivity index (χ1n) is 5.44. The largest absolute Gasteiger partial charge is 0.477 e. The number of carboxylic acid groups (broad SMARTS) is 1. The second-order valence-electron chi connectivity index (χ2n) is 4.30. The van der Waals surface area contributed by atoms with Gasteiger partial charge in [0.1, 0.15) is 5.56 Å². The van der Waals surface area contributed by atoms with Gasteiger partial charge in [0.2, 0.25) is 0 Å². The zero-order valence-corrected chi connectivity index (χ0v) is 9.64. The van der Waals surface area contributed by atoms with E-state index in [1.54, 1.807) is 10.8 Å². The zero-order valence-electron chi connectivity index (χ0n) is 9.64. The van der Waals surface area contributed by atoms with Gasteiger partial charge in [0, 0.05) is 25.0 Å². The summed E-state index contributed by atoms with van der Waals surface area (Å²) in [5, 5.41) is 8.79. The number of nitrogens with zero attached hydrogens (tertiary/aromatic N) is 1. The van der Waals surface area contributed by atoms with Gasteiger partial charge in [0.25, 0.3) is 0 Å². The maximum atomic E-state index is 11.2. The number of pyridine rings is 1. The summed E-state index contributed by atoms with van der Waals surface area (Å²) in [6.07, 6.45) is 5.12. The van der Waals surface area contributed by atoms with Crippen LogP contribution in [0.1, 0.15) is 37.0 Å². The topological polar surface area (TPSA) is 59.3 Å². The highest BCUT2D eigenvalue weighted by molar-refractivity contribution is 5.86. The molecule has 0 unspecified atom stereocenters. The molecule has 0 aliphatic heterocycles. The number of carbonyl (C=O) groups is 1. The van der Waals surface area contributed by atoms with E-state index >= 15 is 0 Å². The summed E-state index contributed by atoms with van der Waals surface area (Å²) in [7, 11) is 0. The number of rotatable bonds is 5. The Balaban J connectivity index is 2.72. The van der Waals surface area contributed by atoms with Crippen LogP contribution in [0.3, 0.4) is 0 Å². The quantitative estimate of drug-likeness (QED) is 0.830. The molecule has 0 saturated heterocycles. The van der Waals surface area contributed by atoms with Crippen LogP contribution in [0, 0.1) is 5.92 Å². The Kier molecular flexibility index (Phi) is 4.28. The number of hydrogen-bond acceptors (Lipinski definition) is 2. The second kappa shape index (κ2) is 5.49. The van der Waals surface area contributed by atoms with Gasteiger partial charge in [-0.2, -0.15) is 0 Å². The monoisotopic (exact) mass is 223 g/mol. The standard InChI is InChI=1S/C12H17NO3/c1-9(2)4-3-6-13-7-5-11(14)10(8-13)12(15)16/h5,7-9H,3-4,6H2,1-2H3,(H,15,16). The van der Waals surface area contributed by atoms with Crippen molar-refractivity contribution in [3.05, 3.63) is 34.2 Å². The van der Waals surface area contributed by atoms with Crippen LogP contribution in [0.2, 0.25) is 0 Å². The van der Waals surface area contributed by atoms with E-state index in [9.17, 15) is 9.59 Å². The molecule has 16 heavy (non-hydrogen) atoms. The van der Waals surface area contributed by atoms with E-state index in [-0.39, 0.29) is 5.56 Å². The fourth-order valence-corrected chi connectivity index (χ4v) is 1.51. The molecule has 1 aromatic heterocycles. The van der Waals surface area contributed by atoms with E-state index in [0.717, 1.165) is 19.4 Å². The molecule has 0 aromatic carbocycles. The highest BCUT2D eigenvalue weighted by Crippen LogP contribution is 2.05. The molecule has 4 heteroatoms. The number of aromatic carboxylic acids is 1. The smallest absolute Gasteiger partial charge is 0.341 e. The van der Waals surface area contributed by atoms with Crippen LogP contribution >= 0.6 is 0 Å². The third-order valence-corrected chi connectivity index (χ3v) is 2.41. The van der Waals surface area contributed by atoms with Crippen LogP contribution in [-0.2, 0) is 6.54 Å². The van der Waals surface area contributed by atoms with Crippen molar-refractivity contribution in [1.29, 1.82) is 0 Å². The van der Waals surface area contributed by atoms with E-state index in [1.807, 2.05) is 0 Å². The Labute approximate surface area is 94.5 Å². The van der Waals surface area contributed by atoms with E-state index in [2.05, 4.69) is 13.8 Å². The lowest BCUT2D eigenvalue weighted by molar-refractivity contribution is 0.0694. The first-order chi connectivity index (χ1) is 7.50. The van der Waals surface area contributed by atoms with Crippen LogP contribution < -0.4 is 5.43 Å². The molecule has 0 bridgehead atoms. The van der Waals surface area contributed by atoms with Gasteiger partial charge in [0.15, 0.2) is 5.43 Å². The molecular formula is C12H17NO3. The zero-order chi connectivity index (χ0) is 12.1. The third kappa shape index (κ3) is 3.53. The minimum atomic E-state index is -1.16. The second-order valence-corrected chi connectivity index (χ2v) is 4.30. The summed E-state index contributed by atoms with van der Waals surface area (Å²) in [5.74, 6) is -0.526. The van der Waals surface area contributed by atoms with Gasteiger partial charge in [0.05, 0.1) is 0 Å². The lowest BCUT2D eigenvalue weighted by Gasteiger charge is -2.08. The van der Waals surface area contributed by atoms with Crippen molar-refractivity contribution in [2.45, 2.75) is 33.2 Å². The van der Waals surface area contributed by atoms with Gasteiger partial charge in [-0.05, 0) is 18.8 Å². The Morgan fingerprint density at radius 2 is 2.19 bits per heavy atom. The molecule has 0 atom stereocenters. The molecule has 0 aliphatic rings. The van der Waals surface area contributed by atoms with E-state index < -0.39 is 11.4 Å². The Hall–Kier alpha value is -1.58. The van der Waals surface area contributed by atoms with Crippen LogP contribution in [0.4, 0.5) is 0 Å². The Morgan fingerprint density at radius 3 is 2.75 bits per heavy atom. The minimum Gasteiger partial charge on any atom is -0.477 e. The predicted molar refractivity (Wildman–Crippen MR) is 61.7 cm³/mol. The van der Waals surface area contributed by atoms with Crippen molar-refractivity contribution in [1.82, 2.24) is 4.57 Å². The number of aromatic nitrogens is 1. The van der Waals surface area contributed by atoms with Crippen molar-refractivity contribution in [3.63, 3.8) is 0 Å². The first kappa shape index (κ1) is 12.5. The van der Waals surface area contributed by atoms with E-state index in [1.165, 1.54) is 12.3 Å². The van der Waals surface area contributed by atoms with Gasteiger partial charge < -0.3 is 9.67 Å². The number of aryl methyl sites for hydroxylation is 1. The SMILES string of the molecule is CC(C)CCCn1ccc(=O)c(C(=O)O)c1. The van der Waals surface area contributed by atoms with E-state index in [0.29, 0.717) is 5.92 Å². The summed E-state index contributed by atoms with van der Waals surface area (Å²) in [5.41, 5.74) is -0.598. The molecule has 1 heterocycles. The molecule has 0 radical (unpaired) electrons. The summed E-state index contributed by atoms with van der Waals surface area (Å²) in [4.78, 5) is 21.9. The molecule has 1 rings (SSSR count). The fraction of sp³-hybridized carbons (Fsp3) is 0.500. The molecule has 88 valence electrons. The highest BCUT2D eigenvalue weighted by Gasteiger charge is 2.07. The fourth-order valence-electron chi connectivity index (χ4n) is 1.51. The molecule has 0 spiro atoms. The average molecular weight is 223 g/mol. The third-order valence-electron chi connectivity index (χ3n) is 2.41. The predicted octanol–water partition coefficient (Wildman–Crippen LogP) is 1.98. The molecule has 0 fully saturated rings. The number of hydrogen-bond donors (Lipinski definition) is 1. The molecule has 1 aromatic rings. The van der Waals surface area contributed by atoms with Crippen LogP contribution in [0.5, 0.6) is 0 Å². The molecule has 0 saturated carbocycles. The van der Waals surface area contributed by atoms with Crippen LogP contribution in [0.15, 0.2) is 23.3 Å². The lowest BCUT2D eigenvalue weighted by Crippen LogP contribution is -2.16. The van der Waals surface area contributed by atoms with Gasteiger partial charge in [-0.25, -0.2) is 4.79 Å². The molecule has 0 amide bonds. The van der Waals surface area contributed by atoms with Crippen molar-refractivity contribution < 1.29 is 9.90 Å². The maximum Gasteiger partial charge on any atom is 0.341 e. The molecule has 0 aliphatic carbocycles. The summed E-state index contributed by atoms with van der Waals surface area (Å²) in [6, 6.07) is 1.30. The van der Waals surface area contributed by atoms with Gasteiger partial charge in [-0.1, -0.05) is 13.8 Å². The molecule has 4 nitrogen and oxygen atoms in total. The summed E-state index contributed by atoms with van der Waals surface area (Å²) >= 11 is 0. The summed E-state index contributed by atoms with van der Waals surface area (Å²) in [6.45, 7) is 5.04. The number of carboxylic acids is 1. The van der Waals surface area contributed by atoms with E-state index in [4.69, 9.17) is 5.11 Å². The van der Waals surface area contributed by atoms with Crippen molar-refractivity contribution in [2.75, 3.05) is 0 Å². The Bertz CT molecular complexity index is 421. The first-order valence-corrected chi connectivity index (χ1v) is 5.44. The average Bonchev–Trinajstić information content (AvgIpc) is 2.19. The molecule has 1 N–H and O–H groups in total. The van der Waals surface area contributed by atoms with Gasteiger partial charge in [-0.15, -0.1) is 0 Å². The van der Waals surface area contributed by atoms with Gasteiger partial charge >= 0.3 is 5.97 Å². The highest BCUT2D eigenvalue weighted by atomic mass is 16.4. The normalized spacial score (nSPS) is 10.7. The van der Waals surface area contributed by atoms with Crippen molar-refractivity contribution in [3.8, 4) is 0 Å². The maximum absolute atomic E-state index is 11.2. The van der Waals surface area contributed by atoms with Crippen LogP contribution in [0.25, 0.3) is 0 Å². The van der Waals surface area contributed by atoms with Crippen molar-refractivity contribution in [2.24, 2.45) is 5.92 Å².